The molecule has 50 heavy (non-hydrogen) atoms. The Balaban J connectivity index is 4.08. The molecule has 0 radical (unpaired) electrons. The van der Waals surface area contributed by atoms with Crippen LogP contribution in [0.2, 0.25) is 0 Å². The van der Waals surface area contributed by atoms with Crippen molar-refractivity contribution in [3.05, 3.63) is 60.8 Å². The molecule has 1 unspecified atom stereocenters. The molecule has 4 nitrogen and oxygen atoms in total. The molecule has 1 N–H and O–H groups in total. The van der Waals surface area contributed by atoms with Crippen molar-refractivity contribution >= 4 is 11.9 Å². The van der Waals surface area contributed by atoms with Crippen molar-refractivity contribution in [2.24, 2.45) is 0 Å². The van der Waals surface area contributed by atoms with Crippen LogP contribution in [0, 0.1) is 0 Å². The number of esters is 1. The largest absolute Gasteiger partial charge is 0.481 e. The fourth-order valence-electron chi connectivity index (χ4n) is 6.12. The summed E-state index contributed by atoms with van der Waals surface area (Å²) >= 11 is 0. The molecule has 0 aromatic rings. The molecule has 0 aliphatic carbocycles. The standard InChI is InChI=1S/C46H80O4/c1-3-5-7-9-11-13-15-17-18-19-20-21-22-24-26-28-30-35-39-43-46(49)50-44(41-37-33-31-34-38-42-45(47)48)40-36-32-29-27-25-23-16-14-12-10-8-6-4-2/h5,7,11,13,17-18,20-21,27,29,44H,3-4,6,8-10,12,14-16,19,22-26,28,30-43H2,1-2H3,(H,47,48)/b7-5-,13-11-,18-17-,21-20-,29-27-. The maximum Gasteiger partial charge on any atom is 0.306 e. The van der Waals surface area contributed by atoms with Crippen LogP contribution in [-0.4, -0.2) is 23.1 Å². The second kappa shape index (κ2) is 41.1. The maximum atomic E-state index is 12.7. The summed E-state index contributed by atoms with van der Waals surface area (Å²) in [6, 6.07) is 0. The highest BCUT2D eigenvalue weighted by atomic mass is 16.5. The van der Waals surface area contributed by atoms with E-state index in [1.807, 2.05) is 0 Å². The topological polar surface area (TPSA) is 63.6 Å². The minimum atomic E-state index is -0.707. The normalized spacial score (nSPS) is 12.8. The highest BCUT2D eigenvalue weighted by molar-refractivity contribution is 5.69. The molecule has 0 aliphatic heterocycles. The number of hydrogen-bond acceptors (Lipinski definition) is 3. The van der Waals surface area contributed by atoms with Gasteiger partial charge in [0.1, 0.15) is 6.10 Å². The number of carbonyl (C=O) groups excluding carboxylic acids is 1. The summed E-state index contributed by atoms with van der Waals surface area (Å²) in [6.07, 6.45) is 56.7. The summed E-state index contributed by atoms with van der Waals surface area (Å²) in [7, 11) is 0. The second-order valence-corrected chi connectivity index (χ2v) is 14.1. The molecule has 0 aliphatic rings. The van der Waals surface area contributed by atoms with Crippen molar-refractivity contribution < 1.29 is 19.4 Å². The van der Waals surface area contributed by atoms with Gasteiger partial charge in [-0.05, 0) is 96.3 Å². The summed E-state index contributed by atoms with van der Waals surface area (Å²) in [6.45, 7) is 4.44. The number of rotatable bonds is 38. The van der Waals surface area contributed by atoms with Crippen LogP contribution >= 0.6 is 0 Å². The Bertz CT molecular complexity index is 881. The molecule has 0 saturated heterocycles. The van der Waals surface area contributed by atoms with E-state index in [4.69, 9.17) is 9.84 Å². The number of allylic oxidation sites excluding steroid dienone is 10. The molecule has 0 bridgehead atoms. The average molecular weight is 697 g/mol. The van der Waals surface area contributed by atoms with E-state index in [0.29, 0.717) is 6.42 Å². The third-order valence-corrected chi connectivity index (χ3v) is 9.22. The van der Waals surface area contributed by atoms with Gasteiger partial charge < -0.3 is 9.84 Å². The number of carboxylic acids is 1. The number of aliphatic carboxylic acids is 1. The molecule has 0 saturated carbocycles. The first-order chi connectivity index (χ1) is 24.6. The Morgan fingerprint density at radius 2 is 0.860 bits per heavy atom. The van der Waals surface area contributed by atoms with Crippen LogP contribution in [0.3, 0.4) is 0 Å². The minimum absolute atomic E-state index is 0.0148. The summed E-state index contributed by atoms with van der Waals surface area (Å²) in [5.41, 5.74) is 0. The Labute approximate surface area is 310 Å². The molecule has 0 aromatic carbocycles. The Hall–Kier alpha value is -2.36. The van der Waals surface area contributed by atoms with Gasteiger partial charge in [0.2, 0.25) is 0 Å². The lowest BCUT2D eigenvalue weighted by molar-refractivity contribution is -0.150. The SMILES string of the molecule is CC/C=C\C/C=C\C/C=C\C/C=C\CCCCCCCCC(=O)OC(CCC/C=C\CCCCCCCCCC)CCCCCCCC(=O)O. The second-order valence-electron chi connectivity index (χ2n) is 14.1. The summed E-state index contributed by atoms with van der Waals surface area (Å²) < 4.78 is 5.99. The van der Waals surface area contributed by atoms with E-state index in [1.54, 1.807) is 0 Å². The van der Waals surface area contributed by atoms with Crippen LogP contribution < -0.4 is 0 Å². The van der Waals surface area contributed by atoms with Crippen LogP contribution in [0.15, 0.2) is 60.8 Å². The number of unbranched alkanes of at least 4 members (excludes halogenated alkanes) is 19. The number of carboxylic acid groups (broad SMARTS) is 1. The van der Waals surface area contributed by atoms with E-state index in [2.05, 4.69) is 74.6 Å². The van der Waals surface area contributed by atoms with Gasteiger partial charge in [0.05, 0.1) is 0 Å². The molecule has 0 spiro atoms. The first-order valence-electron chi connectivity index (χ1n) is 21.3. The van der Waals surface area contributed by atoms with E-state index >= 15 is 0 Å². The molecular weight excluding hydrogens is 617 g/mol. The van der Waals surface area contributed by atoms with Crippen LogP contribution in [0.1, 0.15) is 213 Å². The highest BCUT2D eigenvalue weighted by Gasteiger charge is 2.14. The van der Waals surface area contributed by atoms with Crippen LogP contribution in [-0.2, 0) is 14.3 Å². The zero-order valence-electron chi connectivity index (χ0n) is 32.9. The van der Waals surface area contributed by atoms with Crippen molar-refractivity contribution in [1.82, 2.24) is 0 Å². The number of carbonyl (C=O) groups is 2. The van der Waals surface area contributed by atoms with Crippen molar-refractivity contribution in [1.29, 1.82) is 0 Å². The van der Waals surface area contributed by atoms with Crippen molar-refractivity contribution in [2.45, 2.75) is 219 Å². The van der Waals surface area contributed by atoms with Gasteiger partial charge in [-0.2, -0.15) is 0 Å². The molecule has 1 atom stereocenters. The van der Waals surface area contributed by atoms with Gasteiger partial charge in [-0.3, -0.25) is 9.59 Å². The van der Waals surface area contributed by atoms with E-state index in [0.717, 1.165) is 103 Å². The fraction of sp³-hybridized carbons (Fsp3) is 0.739. The first kappa shape index (κ1) is 47.6. The van der Waals surface area contributed by atoms with Gasteiger partial charge in [0.15, 0.2) is 0 Å². The number of hydrogen-bond donors (Lipinski definition) is 1. The highest BCUT2D eigenvalue weighted by Crippen LogP contribution is 2.18. The maximum absolute atomic E-state index is 12.7. The van der Waals surface area contributed by atoms with Crippen LogP contribution in [0.25, 0.3) is 0 Å². The molecule has 288 valence electrons. The van der Waals surface area contributed by atoms with Gasteiger partial charge in [0.25, 0.3) is 0 Å². The lowest BCUT2D eigenvalue weighted by atomic mass is 10.0. The van der Waals surface area contributed by atoms with E-state index in [9.17, 15) is 9.59 Å². The Morgan fingerprint density at radius 1 is 0.460 bits per heavy atom. The van der Waals surface area contributed by atoms with Gasteiger partial charge in [-0.15, -0.1) is 0 Å². The lowest BCUT2D eigenvalue weighted by Crippen LogP contribution is -2.18. The molecule has 0 rings (SSSR count). The molecule has 0 heterocycles. The molecule has 0 amide bonds. The van der Waals surface area contributed by atoms with Crippen molar-refractivity contribution in [3.63, 3.8) is 0 Å². The summed E-state index contributed by atoms with van der Waals surface area (Å²) in [4.78, 5) is 23.4. The smallest absolute Gasteiger partial charge is 0.306 e. The van der Waals surface area contributed by atoms with Crippen LogP contribution in [0.5, 0.6) is 0 Å². The lowest BCUT2D eigenvalue weighted by Gasteiger charge is -2.18. The zero-order valence-corrected chi connectivity index (χ0v) is 32.9. The Kier molecular flexibility index (Phi) is 39.1. The van der Waals surface area contributed by atoms with Gasteiger partial charge >= 0.3 is 11.9 Å². The van der Waals surface area contributed by atoms with Gasteiger partial charge in [-0.25, -0.2) is 0 Å². The monoisotopic (exact) mass is 697 g/mol. The minimum Gasteiger partial charge on any atom is -0.481 e. The first-order valence-corrected chi connectivity index (χ1v) is 21.3. The fourth-order valence-corrected chi connectivity index (χ4v) is 6.12. The van der Waals surface area contributed by atoms with E-state index in [-0.39, 0.29) is 18.5 Å². The van der Waals surface area contributed by atoms with E-state index in [1.165, 1.54) is 83.5 Å². The quantitative estimate of drug-likeness (QED) is 0.0396. The summed E-state index contributed by atoms with van der Waals surface area (Å²) in [5, 5.41) is 8.83. The van der Waals surface area contributed by atoms with Gasteiger partial charge in [0, 0.05) is 12.8 Å². The van der Waals surface area contributed by atoms with Crippen molar-refractivity contribution in [3.8, 4) is 0 Å². The van der Waals surface area contributed by atoms with E-state index < -0.39 is 5.97 Å². The Morgan fingerprint density at radius 3 is 1.40 bits per heavy atom. The summed E-state index contributed by atoms with van der Waals surface area (Å²) in [5.74, 6) is -0.734. The molecule has 0 fully saturated rings. The molecule has 0 aromatic heterocycles. The molecular formula is C46H80O4. The van der Waals surface area contributed by atoms with Crippen molar-refractivity contribution in [2.75, 3.05) is 0 Å². The zero-order chi connectivity index (χ0) is 36.4. The van der Waals surface area contributed by atoms with Gasteiger partial charge in [-0.1, -0.05) is 164 Å². The third kappa shape index (κ3) is 40.1. The van der Waals surface area contributed by atoms with Crippen LogP contribution in [0.4, 0.5) is 0 Å². The molecule has 4 heteroatoms. The number of ether oxygens (including phenoxy) is 1. The predicted molar refractivity (Wildman–Crippen MR) is 218 cm³/mol. The predicted octanol–water partition coefficient (Wildman–Crippen LogP) is 14.9. The third-order valence-electron chi connectivity index (χ3n) is 9.22. The average Bonchev–Trinajstić information content (AvgIpc) is 3.10.